The largest absolute Gasteiger partial charge is 0.446 e. The van der Waals surface area contributed by atoms with E-state index >= 15 is 0 Å². The Bertz CT molecular complexity index is 1180. The fourth-order valence-electron chi connectivity index (χ4n) is 5.56. The highest BCUT2D eigenvalue weighted by Gasteiger charge is 2.44. The van der Waals surface area contributed by atoms with Gasteiger partial charge in [0.1, 0.15) is 12.4 Å². The van der Waals surface area contributed by atoms with Crippen molar-refractivity contribution in [3.63, 3.8) is 0 Å². The van der Waals surface area contributed by atoms with Crippen LogP contribution in [0, 0.1) is 11.8 Å². The summed E-state index contributed by atoms with van der Waals surface area (Å²) < 4.78 is 27.6. The van der Waals surface area contributed by atoms with E-state index in [1.807, 2.05) is 15.6 Å². The van der Waals surface area contributed by atoms with Crippen LogP contribution >= 0.6 is 0 Å². The molecular formula is C28H39FN6O3. The molecule has 0 spiro atoms. The predicted molar refractivity (Wildman–Crippen MR) is 143 cm³/mol. The Hall–Kier alpha value is -2.90. The molecule has 1 N–H and O–H groups in total. The number of amides is 1. The van der Waals surface area contributed by atoms with E-state index in [9.17, 15) is 9.18 Å². The third-order valence-electron chi connectivity index (χ3n) is 7.83. The Labute approximate surface area is 224 Å². The number of aromatic nitrogens is 3. The van der Waals surface area contributed by atoms with Crippen molar-refractivity contribution in [1.29, 1.82) is 0 Å². The number of ether oxygens (including phenoxy) is 2. The van der Waals surface area contributed by atoms with Gasteiger partial charge in [-0.15, -0.1) is 5.92 Å². The second kappa shape index (κ2) is 11.5. The molecule has 2 aromatic heterocycles. The molecule has 0 aliphatic carbocycles. The molecular weight excluding hydrogens is 487 g/mol. The van der Waals surface area contributed by atoms with E-state index in [-0.39, 0.29) is 25.7 Å². The van der Waals surface area contributed by atoms with Gasteiger partial charge in [-0.05, 0) is 38.5 Å². The van der Waals surface area contributed by atoms with Crippen LogP contribution in [-0.2, 0) is 9.47 Å². The molecule has 5 rings (SSSR count). The summed E-state index contributed by atoms with van der Waals surface area (Å²) in [5, 5.41) is 8.34. The Kier molecular flexibility index (Phi) is 8.05. The predicted octanol–water partition coefficient (Wildman–Crippen LogP) is 3.81. The number of hydrogen-bond acceptors (Lipinski definition) is 7. The van der Waals surface area contributed by atoms with Gasteiger partial charge in [0.2, 0.25) is 0 Å². The van der Waals surface area contributed by atoms with E-state index in [0.717, 1.165) is 61.6 Å². The van der Waals surface area contributed by atoms with Crippen molar-refractivity contribution in [3.05, 3.63) is 23.5 Å². The maximum atomic E-state index is 14.7. The van der Waals surface area contributed by atoms with Crippen LogP contribution in [0.2, 0.25) is 0 Å². The van der Waals surface area contributed by atoms with Gasteiger partial charge in [-0.3, -0.25) is 4.90 Å². The molecule has 0 unspecified atom stereocenters. The van der Waals surface area contributed by atoms with Crippen molar-refractivity contribution >= 4 is 17.6 Å². The lowest BCUT2D eigenvalue weighted by atomic mass is 9.96. The molecule has 1 amide bonds. The van der Waals surface area contributed by atoms with Crippen LogP contribution in [0.3, 0.4) is 0 Å². The first-order chi connectivity index (χ1) is 18.3. The van der Waals surface area contributed by atoms with E-state index in [1.54, 1.807) is 11.8 Å². The van der Waals surface area contributed by atoms with Crippen LogP contribution in [0.4, 0.5) is 15.0 Å². The number of halogens is 1. The quantitative estimate of drug-likeness (QED) is 0.550. The molecule has 0 atom stereocenters. The number of piperidine rings is 1. The number of anilines is 1. The van der Waals surface area contributed by atoms with Crippen molar-refractivity contribution < 1.29 is 18.7 Å². The Morgan fingerprint density at radius 3 is 2.68 bits per heavy atom. The van der Waals surface area contributed by atoms with Gasteiger partial charge in [0.25, 0.3) is 0 Å². The molecule has 9 nitrogen and oxygen atoms in total. The lowest BCUT2D eigenvalue weighted by Gasteiger charge is -2.43. The van der Waals surface area contributed by atoms with E-state index < -0.39 is 11.8 Å². The second-order valence-corrected chi connectivity index (χ2v) is 11.1. The number of rotatable bonds is 7. The van der Waals surface area contributed by atoms with Crippen LogP contribution in [0.25, 0.3) is 5.65 Å². The molecule has 3 fully saturated rings. The lowest BCUT2D eigenvalue weighted by Crippen LogP contribution is -2.61. The summed E-state index contributed by atoms with van der Waals surface area (Å²) in [6.07, 6.45) is 4.97. The Morgan fingerprint density at radius 2 is 2.00 bits per heavy atom. The average molecular weight is 527 g/mol. The first-order valence-corrected chi connectivity index (χ1v) is 13.8. The van der Waals surface area contributed by atoms with Crippen molar-refractivity contribution in [3.8, 4) is 11.8 Å². The van der Waals surface area contributed by atoms with Gasteiger partial charge in [0.15, 0.2) is 11.3 Å². The van der Waals surface area contributed by atoms with Gasteiger partial charge in [-0.25, -0.2) is 14.2 Å². The molecule has 3 saturated heterocycles. The van der Waals surface area contributed by atoms with Gasteiger partial charge in [0, 0.05) is 68.7 Å². The monoisotopic (exact) mass is 526 g/mol. The summed E-state index contributed by atoms with van der Waals surface area (Å²) in [5.41, 5.74) is 1.66. The summed E-state index contributed by atoms with van der Waals surface area (Å²) in [5.74, 6) is 7.38. The van der Waals surface area contributed by atoms with Crippen molar-refractivity contribution in [2.75, 3.05) is 57.9 Å². The molecule has 0 aromatic carbocycles. The van der Waals surface area contributed by atoms with Crippen LogP contribution < -0.4 is 5.32 Å². The van der Waals surface area contributed by atoms with Gasteiger partial charge >= 0.3 is 6.09 Å². The number of nitrogens with one attached hydrogen (secondary N) is 1. The normalized spacial score (nSPS) is 20.7. The minimum Gasteiger partial charge on any atom is -0.446 e. The van der Waals surface area contributed by atoms with Crippen molar-refractivity contribution in [1.82, 2.24) is 24.4 Å². The minimum atomic E-state index is -1.47. The first kappa shape index (κ1) is 26.7. The zero-order valence-electron chi connectivity index (χ0n) is 22.7. The number of carbonyl (C=O) groups excluding carboxylic acids is 1. The van der Waals surface area contributed by atoms with Crippen LogP contribution in [-0.4, -0.2) is 94.7 Å². The molecule has 2 aromatic rings. The maximum absolute atomic E-state index is 14.7. The summed E-state index contributed by atoms with van der Waals surface area (Å²) in [6.45, 7) is 9.59. The van der Waals surface area contributed by atoms with Crippen LogP contribution in [0.1, 0.15) is 69.5 Å². The third kappa shape index (κ3) is 5.89. The Morgan fingerprint density at radius 1 is 1.26 bits per heavy atom. The molecule has 10 heteroatoms. The van der Waals surface area contributed by atoms with E-state index in [4.69, 9.17) is 14.5 Å². The minimum absolute atomic E-state index is 0.186. The van der Waals surface area contributed by atoms with Gasteiger partial charge in [0.05, 0.1) is 12.7 Å². The standard InChI is InChI=1S/C28H39FN6O3/c1-4-5-10-33-17-28(29,18-33)19-38-27(36)34-11-6-22(7-12-34)31-25-15-24(21-8-13-37-14-9-21)32-26-23(20(2)3)16-30-35(25)26/h15-16,20-22,31H,6-14,17-19H2,1-3H3. The fourth-order valence-corrected chi connectivity index (χ4v) is 5.56. The summed E-state index contributed by atoms with van der Waals surface area (Å²) >= 11 is 0. The molecule has 0 saturated carbocycles. The molecule has 5 heterocycles. The van der Waals surface area contributed by atoms with E-state index in [0.29, 0.717) is 31.5 Å². The number of hydrogen-bond donors (Lipinski definition) is 1. The van der Waals surface area contributed by atoms with Crippen LogP contribution in [0.5, 0.6) is 0 Å². The SMILES string of the molecule is CC#CCN1CC(F)(COC(=O)N2CCC(Nc3cc(C4CCOCC4)nc4c(C(C)C)cnn34)CC2)C1. The number of nitrogens with zero attached hydrogens (tertiary/aromatic N) is 5. The van der Waals surface area contributed by atoms with Crippen LogP contribution in [0.15, 0.2) is 12.3 Å². The molecule has 0 bridgehead atoms. The van der Waals surface area contributed by atoms with Gasteiger partial charge in [-0.2, -0.15) is 9.61 Å². The highest BCUT2D eigenvalue weighted by molar-refractivity contribution is 5.68. The molecule has 3 aliphatic heterocycles. The summed E-state index contributed by atoms with van der Waals surface area (Å²) in [7, 11) is 0. The number of carbonyl (C=O) groups is 1. The molecule has 3 aliphatic rings. The molecule has 38 heavy (non-hydrogen) atoms. The molecule has 0 radical (unpaired) electrons. The summed E-state index contributed by atoms with van der Waals surface area (Å²) in [6, 6.07) is 2.32. The Balaban J connectivity index is 1.18. The smallest absolute Gasteiger partial charge is 0.409 e. The zero-order valence-corrected chi connectivity index (χ0v) is 22.7. The van der Waals surface area contributed by atoms with E-state index in [1.165, 1.54) is 0 Å². The number of alkyl halides is 1. The second-order valence-electron chi connectivity index (χ2n) is 11.1. The maximum Gasteiger partial charge on any atom is 0.409 e. The summed E-state index contributed by atoms with van der Waals surface area (Å²) in [4.78, 5) is 21.2. The first-order valence-electron chi connectivity index (χ1n) is 13.8. The lowest BCUT2D eigenvalue weighted by molar-refractivity contribution is -0.0683. The van der Waals surface area contributed by atoms with Crippen molar-refractivity contribution in [2.24, 2.45) is 0 Å². The van der Waals surface area contributed by atoms with E-state index in [2.05, 4.69) is 42.2 Å². The topological polar surface area (TPSA) is 84.2 Å². The third-order valence-corrected chi connectivity index (χ3v) is 7.83. The zero-order chi connectivity index (χ0) is 26.7. The highest BCUT2D eigenvalue weighted by atomic mass is 19.1. The number of fused-ring (bicyclic) bond motifs is 1. The molecule has 206 valence electrons. The number of likely N-dealkylation sites (tertiary alicyclic amines) is 2. The van der Waals surface area contributed by atoms with Gasteiger partial charge < -0.3 is 19.7 Å². The highest BCUT2D eigenvalue weighted by Crippen LogP contribution is 2.31. The van der Waals surface area contributed by atoms with Gasteiger partial charge in [-0.1, -0.05) is 19.8 Å². The average Bonchev–Trinajstić information content (AvgIpc) is 3.35. The van der Waals surface area contributed by atoms with Crippen molar-refractivity contribution in [2.45, 2.75) is 70.0 Å². The fraction of sp³-hybridized carbons (Fsp3) is 0.679.